The quantitative estimate of drug-likeness (QED) is 0.303. The highest BCUT2D eigenvalue weighted by molar-refractivity contribution is 6.30. The number of aromatic nitrogens is 1. The lowest BCUT2D eigenvalue weighted by Crippen LogP contribution is -2.48. The number of carboxylic acids is 1. The number of hydrogen-bond donors (Lipinski definition) is 2. The Morgan fingerprint density at radius 3 is 2.28 bits per heavy atom. The second-order valence-electron chi connectivity index (χ2n) is 10.0. The van der Waals surface area contributed by atoms with Gasteiger partial charge in [-0.25, -0.2) is 4.98 Å². The zero-order valence-electron chi connectivity index (χ0n) is 21.0. The summed E-state index contributed by atoms with van der Waals surface area (Å²) in [5, 5.41) is 13.6. The van der Waals surface area contributed by atoms with Crippen molar-refractivity contribution in [1.82, 2.24) is 10.3 Å². The maximum Gasteiger partial charge on any atom is 0.433 e. The molecular formula is C29H27Cl2F3N2O3. The molecule has 2 aromatic carbocycles. The molecule has 0 amide bonds. The number of Topliss-reactive ketones (excluding diaryl/α,β-unsaturated/α-hetero) is 1. The Balaban J connectivity index is 1.73. The van der Waals surface area contributed by atoms with Gasteiger partial charge in [0.25, 0.3) is 0 Å². The van der Waals surface area contributed by atoms with Crippen LogP contribution in [0.2, 0.25) is 10.0 Å². The summed E-state index contributed by atoms with van der Waals surface area (Å²) in [5.41, 5.74) is -1.30. The van der Waals surface area contributed by atoms with Crippen LogP contribution in [0.3, 0.4) is 0 Å². The van der Waals surface area contributed by atoms with E-state index < -0.39 is 29.3 Å². The number of pyridine rings is 1. The molecular weight excluding hydrogens is 552 g/mol. The van der Waals surface area contributed by atoms with Crippen LogP contribution in [0.25, 0.3) is 0 Å². The van der Waals surface area contributed by atoms with Crippen LogP contribution in [0.15, 0.2) is 66.7 Å². The molecule has 2 N–H and O–H groups in total. The van der Waals surface area contributed by atoms with Crippen molar-refractivity contribution in [2.24, 2.45) is 5.92 Å². The van der Waals surface area contributed by atoms with Crippen LogP contribution in [0.1, 0.15) is 54.6 Å². The molecule has 0 radical (unpaired) electrons. The highest BCUT2D eigenvalue weighted by Crippen LogP contribution is 2.40. The SMILES string of the molecule is C[C@](C(=O)C[C@@H]1NC[C@@H](CC(=O)O)C[C@@H]1c1cccc(Cl)c1)(c1ccc(Cl)cc1)c1cccc(C(F)(F)F)n1. The van der Waals surface area contributed by atoms with Crippen molar-refractivity contribution in [1.29, 1.82) is 0 Å². The second kappa shape index (κ2) is 11.7. The van der Waals surface area contributed by atoms with E-state index in [1.165, 1.54) is 12.1 Å². The Morgan fingerprint density at radius 1 is 0.974 bits per heavy atom. The third-order valence-corrected chi connectivity index (χ3v) is 7.91. The number of carbonyl (C=O) groups excluding carboxylic acids is 1. The van der Waals surface area contributed by atoms with Gasteiger partial charge in [0, 0.05) is 34.8 Å². The smallest absolute Gasteiger partial charge is 0.433 e. The number of alkyl halides is 3. The minimum absolute atomic E-state index is 0.0245. The first-order chi connectivity index (χ1) is 18.4. The van der Waals surface area contributed by atoms with Crippen LogP contribution in [-0.4, -0.2) is 34.4 Å². The third kappa shape index (κ3) is 6.62. The lowest BCUT2D eigenvalue weighted by Gasteiger charge is -2.39. The van der Waals surface area contributed by atoms with Gasteiger partial charge >= 0.3 is 12.1 Å². The van der Waals surface area contributed by atoms with E-state index in [9.17, 15) is 27.9 Å². The van der Waals surface area contributed by atoms with Crippen LogP contribution >= 0.6 is 23.2 Å². The Morgan fingerprint density at radius 2 is 1.64 bits per heavy atom. The van der Waals surface area contributed by atoms with E-state index in [4.69, 9.17) is 23.2 Å². The number of carboxylic acid groups (broad SMARTS) is 1. The molecule has 1 aliphatic heterocycles. The van der Waals surface area contributed by atoms with E-state index >= 15 is 0 Å². The molecule has 206 valence electrons. The topological polar surface area (TPSA) is 79.3 Å². The van der Waals surface area contributed by atoms with Crippen LogP contribution < -0.4 is 5.32 Å². The van der Waals surface area contributed by atoms with Crippen molar-refractivity contribution in [3.05, 3.63) is 99.3 Å². The number of benzene rings is 2. The van der Waals surface area contributed by atoms with E-state index in [-0.39, 0.29) is 36.2 Å². The maximum atomic E-state index is 14.2. The van der Waals surface area contributed by atoms with Gasteiger partial charge in [-0.05, 0) is 73.3 Å². The lowest BCUT2D eigenvalue weighted by atomic mass is 9.70. The summed E-state index contributed by atoms with van der Waals surface area (Å²) in [6, 6.07) is 16.7. The molecule has 4 atom stereocenters. The van der Waals surface area contributed by atoms with Gasteiger partial charge in [-0.1, -0.05) is 53.5 Å². The molecule has 10 heteroatoms. The minimum Gasteiger partial charge on any atom is -0.481 e. The van der Waals surface area contributed by atoms with Gasteiger partial charge in [-0.15, -0.1) is 0 Å². The summed E-state index contributed by atoms with van der Waals surface area (Å²) in [4.78, 5) is 29.4. The summed E-state index contributed by atoms with van der Waals surface area (Å²) < 4.78 is 40.7. The molecule has 1 aromatic heterocycles. The Kier molecular flexibility index (Phi) is 8.69. The zero-order chi connectivity index (χ0) is 28.4. The fourth-order valence-corrected chi connectivity index (χ4v) is 5.62. The molecule has 39 heavy (non-hydrogen) atoms. The summed E-state index contributed by atoms with van der Waals surface area (Å²) in [6.07, 6.45) is -4.23. The normalized spacial score (nSPS) is 21.2. The Hall–Kier alpha value is -2.94. The molecule has 0 aliphatic carbocycles. The lowest BCUT2D eigenvalue weighted by molar-refractivity contribution is -0.141. The number of ketones is 1. The number of rotatable bonds is 8. The number of piperidine rings is 1. The fourth-order valence-electron chi connectivity index (χ4n) is 5.30. The van der Waals surface area contributed by atoms with Crippen molar-refractivity contribution >= 4 is 35.0 Å². The maximum absolute atomic E-state index is 14.2. The van der Waals surface area contributed by atoms with Crippen molar-refractivity contribution in [3.63, 3.8) is 0 Å². The molecule has 0 spiro atoms. The van der Waals surface area contributed by atoms with Crippen LogP contribution in [0.5, 0.6) is 0 Å². The standard InChI is InChI=1S/C29H27Cl2F3N2O3/c1-28(19-8-10-20(30)11-9-19,24-6-3-7-25(36-24)29(32,33)34)26(37)15-23-22(18-4-2-5-21(31)14-18)12-17(16-35-23)13-27(38)39/h2-11,14,17,22-23,35H,12-13,15-16H2,1H3,(H,38,39)/t17-,22-,23+,28+/m1/s1. The average Bonchev–Trinajstić information content (AvgIpc) is 2.88. The minimum atomic E-state index is -4.68. The highest BCUT2D eigenvalue weighted by Gasteiger charge is 2.43. The van der Waals surface area contributed by atoms with Gasteiger partial charge in [-0.3, -0.25) is 9.59 Å². The van der Waals surface area contributed by atoms with Crippen molar-refractivity contribution in [3.8, 4) is 0 Å². The van der Waals surface area contributed by atoms with Gasteiger partial charge in [0.05, 0.1) is 11.1 Å². The summed E-state index contributed by atoms with van der Waals surface area (Å²) in [6.45, 7) is 1.96. The number of halogens is 5. The molecule has 0 saturated carbocycles. The van der Waals surface area contributed by atoms with Crippen molar-refractivity contribution in [2.75, 3.05) is 6.54 Å². The molecule has 3 aromatic rings. The Bertz CT molecular complexity index is 1350. The number of aliphatic carboxylic acids is 1. The summed E-state index contributed by atoms with van der Waals surface area (Å²) in [7, 11) is 0. The molecule has 5 nitrogen and oxygen atoms in total. The van der Waals surface area contributed by atoms with E-state index in [2.05, 4.69) is 10.3 Å². The highest BCUT2D eigenvalue weighted by atomic mass is 35.5. The van der Waals surface area contributed by atoms with Crippen molar-refractivity contribution < 1.29 is 27.9 Å². The first-order valence-electron chi connectivity index (χ1n) is 12.4. The molecule has 0 bridgehead atoms. The molecule has 0 unspecified atom stereocenters. The van der Waals surface area contributed by atoms with Crippen LogP contribution in [-0.2, 0) is 21.2 Å². The molecule has 1 aliphatic rings. The predicted octanol–water partition coefficient (Wildman–Crippen LogP) is 6.91. The fraction of sp³-hybridized carbons (Fsp3) is 0.345. The zero-order valence-corrected chi connectivity index (χ0v) is 22.5. The largest absolute Gasteiger partial charge is 0.481 e. The number of hydrogen-bond acceptors (Lipinski definition) is 4. The van der Waals surface area contributed by atoms with Gasteiger partial charge in [0.15, 0.2) is 5.78 Å². The Labute approximate surface area is 234 Å². The van der Waals surface area contributed by atoms with Gasteiger partial charge < -0.3 is 10.4 Å². The predicted molar refractivity (Wildman–Crippen MR) is 143 cm³/mol. The second-order valence-corrected chi connectivity index (χ2v) is 10.9. The van der Waals surface area contributed by atoms with Gasteiger partial charge in [0.2, 0.25) is 0 Å². The van der Waals surface area contributed by atoms with E-state index in [1.807, 2.05) is 6.07 Å². The van der Waals surface area contributed by atoms with Crippen molar-refractivity contribution in [2.45, 2.75) is 49.7 Å². The molecule has 1 saturated heterocycles. The number of nitrogens with one attached hydrogen (secondary N) is 1. The first-order valence-corrected chi connectivity index (χ1v) is 13.2. The molecule has 2 heterocycles. The number of carbonyl (C=O) groups is 2. The third-order valence-electron chi connectivity index (χ3n) is 7.42. The number of nitrogens with zero attached hydrogens (tertiary/aromatic N) is 1. The van der Waals surface area contributed by atoms with Gasteiger partial charge in [0.1, 0.15) is 5.69 Å². The van der Waals surface area contributed by atoms with E-state index in [0.29, 0.717) is 28.6 Å². The van der Waals surface area contributed by atoms with Gasteiger partial charge in [-0.2, -0.15) is 13.2 Å². The first kappa shape index (κ1) is 29.1. The average molecular weight is 579 g/mol. The summed E-state index contributed by atoms with van der Waals surface area (Å²) >= 11 is 12.3. The van der Waals surface area contributed by atoms with E-state index in [1.54, 1.807) is 49.4 Å². The van der Waals surface area contributed by atoms with Crippen LogP contribution in [0.4, 0.5) is 13.2 Å². The van der Waals surface area contributed by atoms with E-state index in [0.717, 1.165) is 11.6 Å². The monoisotopic (exact) mass is 578 g/mol. The molecule has 4 rings (SSSR count). The summed E-state index contributed by atoms with van der Waals surface area (Å²) in [5.74, 6) is -1.65. The van der Waals surface area contributed by atoms with Crippen LogP contribution in [0, 0.1) is 5.92 Å². The molecule has 1 fully saturated rings.